The molecule has 0 atom stereocenters. The molecule has 0 aliphatic rings. The summed E-state index contributed by atoms with van der Waals surface area (Å²) < 4.78 is 5.09. The summed E-state index contributed by atoms with van der Waals surface area (Å²) in [5.74, 6) is 1.24. The molecule has 0 amide bonds. The van der Waals surface area contributed by atoms with Crippen LogP contribution in [0, 0.1) is 0 Å². The number of hydrogen-bond donors (Lipinski definition) is 1. The van der Waals surface area contributed by atoms with Crippen LogP contribution in [-0.4, -0.2) is 23.4 Å². The molecule has 0 aliphatic heterocycles. The van der Waals surface area contributed by atoms with Gasteiger partial charge in [-0.1, -0.05) is 5.16 Å². The van der Waals surface area contributed by atoms with Crippen molar-refractivity contribution in [2.75, 3.05) is 13.3 Å². The van der Waals surface area contributed by atoms with Gasteiger partial charge in [0.2, 0.25) is 11.7 Å². The third kappa shape index (κ3) is 2.43. The molecule has 2 aromatic rings. The predicted octanol–water partition coefficient (Wildman–Crippen LogP) is 2.18. The molecule has 1 heterocycles. The summed E-state index contributed by atoms with van der Waals surface area (Å²) in [6.07, 6.45) is 2.05. The Labute approximate surface area is 98.4 Å². The average Bonchev–Trinajstić information content (AvgIpc) is 2.78. The molecule has 1 aromatic heterocycles. The number of nitrogens with one attached hydrogen (secondary N) is 1. The van der Waals surface area contributed by atoms with E-state index in [1.807, 2.05) is 37.6 Å². The number of thioether (sulfide) groups is 1. The Balaban J connectivity index is 2.21. The van der Waals surface area contributed by atoms with Crippen molar-refractivity contribution in [3.05, 3.63) is 30.2 Å². The second-order valence-electron chi connectivity index (χ2n) is 3.27. The van der Waals surface area contributed by atoms with Crippen molar-refractivity contribution in [1.29, 1.82) is 0 Å². The van der Waals surface area contributed by atoms with E-state index < -0.39 is 0 Å². The van der Waals surface area contributed by atoms with Crippen LogP contribution in [0.2, 0.25) is 0 Å². The highest BCUT2D eigenvalue weighted by molar-refractivity contribution is 7.98. The highest BCUT2D eigenvalue weighted by Gasteiger charge is 2.07. The molecule has 0 radical (unpaired) electrons. The zero-order valence-electron chi connectivity index (χ0n) is 9.23. The number of benzene rings is 1. The quantitative estimate of drug-likeness (QED) is 0.823. The topological polar surface area (TPSA) is 51.0 Å². The first-order chi connectivity index (χ1) is 7.83. The summed E-state index contributed by atoms with van der Waals surface area (Å²) in [5, 5.41) is 6.90. The molecule has 0 saturated heterocycles. The van der Waals surface area contributed by atoms with E-state index in [-0.39, 0.29) is 0 Å². The van der Waals surface area contributed by atoms with Crippen LogP contribution in [0.1, 0.15) is 5.89 Å². The van der Waals surface area contributed by atoms with E-state index in [0.717, 1.165) is 5.56 Å². The maximum Gasteiger partial charge on any atom is 0.240 e. The van der Waals surface area contributed by atoms with Gasteiger partial charge in [0.05, 0.1) is 6.54 Å². The van der Waals surface area contributed by atoms with E-state index in [9.17, 15) is 0 Å². The van der Waals surface area contributed by atoms with E-state index in [0.29, 0.717) is 18.3 Å². The molecule has 16 heavy (non-hydrogen) atoms. The van der Waals surface area contributed by atoms with Crippen LogP contribution in [0.4, 0.5) is 0 Å². The van der Waals surface area contributed by atoms with Crippen LogP contribution < -0.4 is 5.32 Å². The highest BCUT2D eigenvalue weighted by atomic mass is 32.2. The fourth-order valence-electron chi connectivity index (χ4n) is 1.34. The summed E-state index contributed by atoms with van der Waals surface area (Å²) >= 11 is 1.71. The lowest BCUT2D eigenvalue weighted by Crippen LogP contribution is -2.04. The Morgan fingerprint density at radius 3 is 2.69 bits per heavy atom. The van der Waals surface area contributed by atoms with E-state index in [2.05, 4.69) is 15.5 Å². The van der Waals surface area contributed by atoms with Crippen LogP contribution >= 0.6 is 11.8 Å². The smallest absolute Gasteiger partial charge is 0.240 e. The Morgan fingerprint density at radius 2 is 2.06 bits per heavy atom. The van der Waals surface area contributed by atoms with Gasteiger partial charge in [0.25, 0.3) is 0 Å². The van der Waals surface area contributed by atoms with E-state index >= 15 is 0 Å². The van der Waals surface area contributed by atoms with Crippen LogP contribution in [0.5, 0.6) is 0 Å². The molecule has 0 spiro atoms. The zero-order valence-corrected chi connectivity index (χ0v) is 10.0. The molecule has 0 bridgehead atoms. The summed E-state index contributed by atoms with van der Waals surface area (Å²) in [4.78, 5) is 5.50. The summed E-state index contributed by atoms with van der Waals surface area (Å²) in [6, 6.07) is 8.10. The molecule has 2 rings (SSSR count). The lowest BCUT2D eigenvalue weighted by atomic mass is 10.2. The van der Waals surface area contributed by atoms with Gasteiger partial charge in [-0.2, -0.15) is 4.98 Å². The molecule has 4 nitrogen and oxygen atoms in total. The highest BCUT2D eigenvalue weighted by Crippen LogP contribution is 2.20. The number of hydrogen-bond acceptors (Lipinski definition) is 5. The summed E-state index contributed by atoms with van der Waals surface area (Å²) in [6.45, 7) is 0.593. The van der Waals surface area contributed by atoms with Crippen LogP contribution in [-0.2, 0) is 6.54 Å². The van der Waals surface area contributed by atoms with Gasteiger partial charge in [-0.15, -0.1) is 11.8 Å². The number of aromatic nitrogens is 2. The first kappa shape index (κ1) is 11.2. The molecule has 0 unspecified atom stereocenters. The van der Waals surface area contributed by atoms with Crippen molar-refractivity contribution in [1.82, 2.24) is 15.5 Å². The largest absolute Gasteiger partial charge is 0.338 e. The fourth-order valence-corrected chi connectivity index (χ4v) is 1.74. The third-order valence-corrected chi connectivity index (χ3v) is 2.89. The van der Waals surface area contributed by atoms with Crippen LogP contribution in [0.25, 0.3) is 11.4 Å². The zero-order chi connectivity index (χ0) is 11.4. The van der Waals surface area contributed by atoms with Gasteiger partial charge in [-0.25, -0.2) is 0 Å². The van der Waals surface area contributed by atoms with Crippen molar-refractivity contribution < 1.29 is 4.52 Å². The minimum absolute atomic E-state index is 0.593. The van der Waals surface area contributed by atoms with Gasteiger partial charge in [-0.05, 0) is 37.6 Å². The lowest BCUT2D eigenvalue weighted by molar-refractivity contribution is 0.372. The Morgan fingerprint density at radius 1 is 1.31 bits per heavy atom. The molecular weight excluding hydrogens is 222 g/mol. The molecule has 5 heteroatoms. The Hall–Kier alpha value is -1.33. The number of rotatable bonds is 4. The van der Waals surface area contributed by atoms with Crippen molar-refractivity contribution in [2.45, 2.75) is 11.4 Å². The van der Waals surface area contributed by atoms with Gasteiger partial charge in [0, 0.05) is 10.5 Å². The van der Waals surface area contributed by atoms with Crippen LogP contribution in [0.3, 0.4) is 0 Å². The fraction of sp³-hybridized carbons (Fsp3) is 0.273. The van der Waals surface area contributed by atoms with Crippen LogP contribution in [0.15, 0.2) is 33.7 Å². The summed E-state index contributed by atoms with van der Waals surface area (Å²) in [5.41, 5.74) is 0.976. The van der Waals surface area contributed by atoms with E-state index in [1.54, 1.807) is 11.8 Å². The van der Waals surface area contributed by atoms with Gasteiger partial charge in [-0.3, -0.25) is 0 Å². The van der Waals surface area contributed by atoms with Crippen molar-refractivity contribution in [2.24, 2.45) is 0 Å². The standard InChI is InChI=1S/C11H13N3OS/c1-12-7-10-13-11(14-15-10)8-3-5-9(16-2)6-4-8/h3-6,12H,7H2,1-2H3. The van der Waals surface area contributed by atoms with Gasteiger partial charge < -0.3 is 9.84 Å². The molecule has 1 N–H and O–H groups in total. The Bertz CT molecular complexity index is 453. The predicted molar refractivity (Wildman–Crippen MR) is 64.3 cm³/mol. The first-order valence-electron chi connectivity index (χ1n) is 4.95. The minimum atomic E-state index is 0.593. The molecule has 0 aliphatic carbocycles. The lowest BCUT2D eigenvalue weighted by Gasteiger charge is -1.96. The third-order valence-electron chi connectivity index (χ3n) is 2.14. The molecule has 1 aromatic carbocycles. The van der Waals surface area contributed by atoms with Gasteiger partial charge in [0.15, 0.2) is 0 Å². The Kier molecular flexibility index (Phi) is 3.58. The molecular formula is C11H13N3OS. The minimum Gasteiger partial charge on any atom is -0.338 e. The molecule has 84 valence electrons. The van der Waals surface area contributed by atoms with E-state index in [4.69, 9.17) is 4.52 Å². The summed E-state index contributed by atoms with van der Waals surface area (Å²) in [7, 11) is 1.84. The second kappa shape index (κ2) is 5.14. The monoisotopic (exact) mass is 235 g/mol. The van der Waals surface area contributed by atoms with Crippen molar-refractivity contribution >= 4 is 11.8 Å². The maximum absolute atomic E-state index is 5.09. The second-order valence-corrected chi connectivity index (χ2v) is 4.15. The molecule has 0 fully saturated rings. The normalized spacial score (nSPS) is 10.6. The number of nitrogens with zero attached hydrogens (tertiary/aromatic N) is 2. The van der Waals surface area contributed by atoms with Crippen molar-refractivity contribution in [3.8, 4) is 11.4 Å². The van der Waals surface area contributed by atoms with Gasteiger partial charge in [0.1, 0.15) is 0 Å². The van der Waals surface area contributed by atoms with E-state index in [1.165, 1.54) is 4.90 Å². The average molecular weight is 235 g/mol. The SMILES string of the molecule is CNCc1nc(-c2ccc(SC)cc2)no1. The van der Waals surface area contributed by atoms with Crippen molar-refractivity contribution in [3.63, 3.8) is 0 Å². The molecule has 0 saturated carbocycles. The maximum atomic E-state index is 5.09. The first-order valence-corrected chi connectivity index (χ1v) is 6.17. The van der Waals surface area contributed by atoms with Gasteiger partial charge >= 0.3 is 0 Å².